The zero-order chi connectivity index (χ0) is 19.7. The summed E-state index contributed by atoms with van der Waals surface area (Å²) >= 11 is 1.51. The van der Waals surface area contributed by atoms with Gasteiger partial charge < -0.3 is 9.80 Å². The fraction of sp³-hybridized carbons (Fsp3) is 0.526. The fourth-order valence-corrected chi connectivity index (χ4v) is 4.90. The highest BCUT2D eigenvalue weighted by Crippen LogP contribution is 2.27. The van der Waals surface area contributed by atoms with Crippen molar-refractivity contribution in [3.05, 3.63) is 40.1 Å². The molecule has 0 aromatic carbocycles. The average molecular weight is 401 g/mol. The van der Waals surface area contributed by atoms with E-state index in [1.165, 1.54) is 11.8 Å². The Morgan fingerprint density at radius 2 is 1.93 bits per heavy atom. The van der Waals surface area contributed by atoms with Crippen molar-refractivity contribution in [2.75, 3.05) is 36.8 Å². The molecule has 0 N–H and O–H groups in total. The van der Waals surface area contributed by atoms with Gasteiger partial charge in [-0.25, -0.2) is 15.0 Å². The number of nitrogens with zero attached hydrogens (tertiary/aromatic N) is 6. The summed E-state index contributed by atoms with van der Waals surface area (Å²) in [6.07, 6.45) is 4.12. The normalized spacial score (nSPS) is 19.4. The molecular weight excluding hydrogens is 376 g/mol. The minimum atomic E-state index is -0.191. The highest BCUT2D eigenvalue weighted by atomic mass is 32.2. The third-order valence-corrected chi connectivity index (χ3v) is 6.52. The van der Waals surface area contributed by atoms with E-state index in [4.69, 9.17) is 0 Å². The second-order valence-corrected chi connectivity index (χ2v) is 8.08. The van der Waals surface area contributed by atoms with Gasteiger partial charge in [-0.3, -0.25) is 14.2 Å². The number of piperazine rings is 1. The summed E-state index contributed by atoms with van der Waals surface area (Å²) in [6, 6.07) is 1.80. The summed E-state index contributed by atoms with van der Waals surface area (Å²) in [5.41, 5.74) is 1.55. The Labute approximate surface area is 168 Å². The number of fused-ring (bicyclic) bond motifs is 1. The van der Waals surface area contributed by atoms with Crippen molar-refractivity contribution in [2.24, 2.45) is 5.92 Å². The number of carbonyl (C=O) groups is 1. The molecule has 0 spiro atoms. The van der Waals surface area contributed by atoms with Gasteiger partial charge in [0.25, 0.3) is 5.56 Å². The molecule has 0 radical (unpaired) electrons. The van der Waals surface area contributed by atoms with Crippen molar-refractivity contribution in [3.8, 4) is 0 Å². The largest absolute Gasteiger partial charge is 0.339 e. The first-order valence-corrected chi connectivity index (χ1v) is 10.6. The first-order chi connectivity index (χ1) is 13.6. The molecule has 0 aliphatic carbocycles. The number of amides is 1. The molecule has 1 fully saturated rings. The van der Waals surface area contributed by atoms with E-state index in [-0.39, 0.29) is 17.4 Å². The van der Waals surface area contributed by atoms with Crippen molar-refractivity contribution in [1.82, 2.24) is 24.4 Å². The Hall–Kier alpha value is -2.42. The molecule has 9 heteroatoms. The number of thioether (sulfide) groups is 1. The van der Waals surface area contributed by atoms with Crippen molar-refractivity contribution in [2.45, 2.75) is 32.0 Å². The topological polar surface area (TPSA) is 84.2 Å². The van der Waals surface area contributed by atoms with Crippen LogP contribution in [-0.4, -0.2) is 62.3 Å². The molecule has 2 aromatic heterocycles. The lowest BCUT2D eigenvalue weighted by Gasteiger charge is -2.37. The molecule has 2 aliphatic heterocycles. The molecule has 2 aliphatic rings. The van der Waals surface area contributed by atoms with E-state index in [1.54, 1.807) is 23.0 Å². The second kappa shape index (κ2) is 7.90. The summed E-state index contributed by atoms with van der Waals surface area (Å²) in [7, 11) is 0. The van der Waals surface area contributed by atoms with Gasteiger partial charge in [0.15, 0.2) is 5.16 Å². The van der Waals surface area contributed by atoms with Gasteiger partial charge >= 0.3 is 0 Å². The standard InChI is InChI=1S/C19H24N6O2S/c1-3-15-13(2)22-19-25(17(15)27)11-14(12-28-19)16(26)23-7-9-24(10-8-23)18-20-5-4-6-21-18/h4-6,14H,3,7-12H2,1-2H3. The number of rotatable bonds is 3. The molecule has 8 nitrogen and oxygen atoms in total. The van der Waals surface area contributed by atoms with E-state index in [0.717, 1.165) is 16.4 Å². The minimum Gasteiger partial charge on any atom is -0.339 e. The number of anilines is 1. The number of aryl methyl sites for hydroxylation is 1. The molecule has 4 rings (SSSR count). The second-order valence-electron chi connectivity index (χ2n) is 7.10. The quantitative estimate of drug-likeness (QED) is 0.710. The van der Waals surface area contributed by atoms with Gasteiger partial charge in [-0.1, -0.05) is 18.7 Å². The lowest BCUT2D eigenvalue weighted by Crippen LogP contribution is -2.52. The smallest absolute Gasteiger partial charge is 0.257 e. The first kappa shape index (κ1) is 18.9. The van der Waals surface area contributed by atoms with Crippen LogP contribution in [0.3, 0.4) is 0 Å². The Balaban J connectivity index is 1.44. The SMILES string of the molecule is CCc1c(C)nc2n(c1=O)CC(C(=O)N1CCN(c3ncccn3)CC1)CS2. The van der Waals surface area contributed by atoms with E-state index in [2.05, 4.69) is 19.9 Å². The molecular formula is C19H24N6O2S. The third kappa shape index (κ3) is 3.50. The number of carbonyl (C=O) groups excluding carboxylic acids is 1. The molecule has 28 heavy (non-hydrogen) atoms. The number of hydrogen-bond donors (Lipinski definition) is 0. The van der Waals surface area contributed by atoms with E-state index in [0.29, 0.717) is 50.8 Å². The van der Waals surface area contributed by atoms with Gasteiger partial charge in [0.05, 0.1) is 5.92 Å². The van der Waals surface area contributed by atoms with Crippen LogP contribution in [0.2, 0.25) is 0 Å². The molecule has 1 saturated heterocycles. The van der Waals surface area contributed by atoms with E-state index in [1.807, 2.05) is 18.7 Å². The zero-order valence-corrected chi connectivity index (χ0v) is 17.0. The lowest BCUT2D eigenvalue weighted by molar-refractivity contribution is -0.135. The molecule has 1 atom stereocenters. The van der Waals surface area contributed by atoms with Gasteiger partial charge in [-0.05, 0) is 19.4 Å². The van der Waals surface area contributed by atoms with Gasteiger partial charge in [-0.15, -0.1) is 0 Å². The minimum absolute atomic E-state index is 0.000968. The van der Waals surface area contributed by atoms with Crippen LogP contribution in [0.15, 0.2) is 28.4 Å². The van der Waals surface area contributed by atoms with Crippen LogP contribution in [0, 0.1) is 12.8 Å². The number of hydrogen-bond acceptors (Lipinski definition) is 7. The summed E-state index contributed by atoms with van der Waals surface area (Å²) < 4.78 is 1.69. The summed E-state index contributed by atoms with van der Waals surface area (Å²) in [4.78, 5) is 43.0. The molecule has 148 valence electrons. The van der Waals surface area contributed by atoms with Crippen molar-refractivity contribution in [3.63, 3.8) is 0 Å². The fourth-order valence-electron chi connectivity index (χ4n) is 3.79. The Morgan fingerprint density at radius 1 is 1.21 bits per heavy atom. The monoisotopic (exact) mass is 400 g/mol. The average Bonchev–Trinajstić information content (AvgIpc) is 2.74. The van der Waals surface area contributed by atoms with Gasteiger partial charge in [0.2, 0.25) is 11.9 Å². The summed E-state index contributed by atoms with van der Waals surface area (Å²) in [5.74, 6) is 1.30. The Bertz CT molecular complexity index is 924. The van der Waals surface area contributed by atoms with Crippen LogP contribution < -0.4 is 10.5 Å². The van der Waals surface area contributed by atoms with Crippen LogP contribution in [0.4, 0.5) is 5.95 Å². The van der Waals surface area contributed by atoms with Crippen LogP contribution in [0.5, 0.6) is 0 Å². The lowest BCUT2D eigenvalue weighted by atomic mass is 10.1. The predicted octanol–water partition coefficient (Wildman–Crippen LogP) is 0.975. The van der Waals surface area contributed by atoms with Crippen LogP contribution in [0.25, 0.3) is 0 Å². The molecule has 2 aromatic rings. The first-order valence-electron chi connectivity index (χ1n) is 9.62. The Morgan fingerprint density at radius 3 is 2.61 bits per heavy atom. The highest BCUT2D eigenvalue weighted by molar-refractivity contribution is 7.99. The summed E-state index contributed by atoms with van der Waals surface area (Å²) in [5, 5.41) is 0.731. The van der Waals surface area contributed by atoms with E-state index >= 15 is 0 Å². The maximum absolute atomic E-state index is 13.1. The van der Waals surface area contributed by atoms with Crippen molar-refractivity contribution >= 4 is 23.6 Å². The molecule has 0 saturated carbocycles. The van der Waals surface area contributed by atoms with Gasteiger partial charge in [0.1, 0.15) is 0 Å². The van der Waals surface area contributed by atoms with Gasteiger partial charge in [0, 0.05) is 62.1 Å². The van der Waals surface area contributed by atoms with E-state index in [9.17, 15) is 9.59 Å². The van der Waals surface area contributed by atoms with Crippen LogP contribution in [0.1, 0.15) is 18.2 Å². The maximum Gasteiger partial charge on any atom is 0.257 e. The molecule has 1 unspecified atom stereocenters. The molecule has 1 amide bonds. The highest BCUT2D eigenvalue weighted by Gasteiger charge is 2.32. The van der Waals surface area contributed by atoms with E-state index < -0.39 is 0 Å². The number of aromatic nitrogens is 4. The predicted molar refractivity (Wildman–Crippen MR) is 108 cm³/mol. The zero-order valence-electron chi connectivity index (χ0n) is 16.2. The Kier molecular flexibility index (Phi) is 5.34. The maximum atomic E-state index is 13.1. The third-order valence-electron chi connectivity index (χ3n) is 5.38. The van der Waals surface area contributed by atoms with Gasteiger partial charge in [-0.2, -0.15) is 0 Å². The summed E-state index contributed by atoms with van der Waals surface area (Å²) in [6.45, 7) is 6.99. The van der Waals surface area contributed by atoms with Crippen LogP contribution in [-0.2, 0) is 17.8 Å². The van der Waals surface area contributed by atoms with Crippen LogP contribution >= 0.6 is 11.8 Å². The van der Waals surface area contributed by atoms with Crippen molar-refractivity contribution < 1.29 is 4.79 Å². The van der Waals surface area contributed by atoms with Crippen molar-refractivity contribution in [1.29, 1.82) is 0 Å². The molecule has 0 bridgehead atoms. The molecule has 4 heterocycles.